The smallest absolute Gasteiger partial charge is 0.198 e. The van der Waals surface area contributed by atoms with Crippen LogP contribution in [0.25, 0.3) is 20.9 Å². The van der Waals surface area contributed by atoms with Gasteiger partial charge in [-0.3, -0.25) is 4.57 Å². The van der Waals surface area contributed by atoms with Crippen LogP contribution >= 0.6 is 34.4 Å². The number of hydrogen-bond acceptors (Lipinski definition) is 6. The maximum Gasteiger partial charge on any atom is 0.198 e. The van der Waals surface area contributed by atoms with Crippen LogP contribution in [0.15, 0.2) is 51.3 Å². The predicted octanol–water partition coefficient (Wildman–Crippen LogP) is 5.10. The van der Waals surface area contributed by atoms with Gasteiger partial charge in [0.25, 0.3) is 0 Å². The Morgan fingerprint density at radius 3 is 2.78 bits per heavy atom. The molecule has 3 aromatic heterocycles. The molecular formula is C16H12N4S3. The van der Waals surface area contributed by atoms with Gasteiger partial charge in [-0.1, -0.05) is 18.2 Å². The molecule has 4 nitrogen and oxygen atoms in total. The van der Waals surface area contributed by atoms with Crippen molar-refractivity contribution < 1.29 is 0 Å². The third kappa shape index (κ3) is 2.49. The summed E-state index contributed by atoms with van der Waals surface area (Å²) < 4.78 is 4.53. The van der Waals surface area contributed by atoms with E-state index in [-0.39, 0.29) is 0 Å². The molecule has 1 aliphatic carbocycles. The van der Waals surface area contributed by atoms with Gasteiger partial charge in [0.15, 0.2) is 15.3 Å². The van der Waals surface area contributed by atoms with Crippen LogP contribution in [0.5, 0.6) is 0 Å². The van der Waals surface area contributed by atoms with Gasteiger partial charge in [-0.05, 0) is 48.2 Å². The lowest BCUT2D eigenvalue weighted by molar-refractivity contribution is 0.670. The molecule has 0 N–H and O–H groups in total. The van der Waals surface area contributed by atoms with Gasteiger partial charge in [-0.2, -0.15) is 0 Å². The molecular weight excluding hydrogens is 344 g/mol. The number of thiazole rings is 1. The number of hydrogen-bond donors (Lipinski definition) is 0. The van der Waals surface area contributed by atoms with Crippen LogP contribution in [0.1, 0.15) is 18.9 Å². The third-order valence-electron chi connectivity index (χ3n) is 3.77. The van der Waals surface area contributed by atoms with E-state index in [9.17, 15) is 0 Å². The molecule has 23 heavy (non-hydrogen) atoms. The van der Waals surface area contributed by atoms with Crippen molar-refractivity contribution in [2.75, 3.05) is 0 Å². The Bertz CT molecular complexity index is 933. The standard InChI is InChI=1S/C16H12N4S3/c1-2-5-12-11(4-1)17-16(22-12)23-15-19-18-14(13-6-3-9-21-13)20(15)10-7-8-10/h1-6,9-10H,7-8H2. The minimum absolute atomic E-state index is 0.541. The van der Waals surface area contributed by atoms with Crippen molar-refractivity contribution in [3.63, 3.8) is 0 Å². The third-order valence-corrected chi connectivity index (χ3v) is 6.69. The van der Waals surface area contributed by atoms with E-state index in [0.29, 0.717) is 6.04 Å². The number of rotatable bonds is 4. The maximum atomic E-state index is 4.70. The molecule has 0 saturated heterocycles. The molecule has 0 amide bonds. The second kappa shape index (κ2) is 5.43. The fourth-order valence-corrected chi connectivity index (χ4v) is 5.33. The Morgan fingerprint density at radius 1 is 1.09 bits per heavy atom. The van der Waals surface area contributed by atoms with Crippen LogP contribution in [0.4, 0.5) is 0 Å². The van der Waals surface area contributed by atoms with Crippen molar-refractivity contribution in [2.24, 2.45) is 0 Å². The summed E-state index contributed by atoms with van der Waals surface area (Å²) in [6.07, 6.45) is 2.42. The van der Waals surface area contributed by atoms with Crippen molar-refractivity contribution in [1.29, 1.82) is 0 Å². The van der Waals surface area contributed by atoms with Crippen molar-refractivity contribution in [3.05, 3.63) is 41.8 Å². The molecule has 0 atom stereocenters. The van der Waals surface area contributed by atoms with E-state index in [1.165, 1.54) is 22.4 Å². The first-order valence-electron chi connectivity index (χ1n) is 7.41. The zero-order valence-electron chi connectivity index (χ0n) is 12.0. The van der Waals surface area contributed by atoms with E-state index in [1.807, 2.05) is 6.07 Å². The number of aromatic nitrogens is 4. The molecule has 1 aliphatic rings. The Morgan fingerprint density at radius 2 is 2.00 bits per heavy atom. The summed E-state index contributed by atoms with van der Waals surface area (Å²) in [5.41, 5.74) is 1.05. The van der Waals surface area contributed by atoms with E-state index in [2.05, 4.69) is 50.5 Å². The van der Waals surface area contributed by atoms with Crippen molar-refractivity contribution in [2.45, 2.75) is 28.4 Å². The molecule has 1 aromatic carbocycles. The topological polar surface area (TPSA) is 43.6 Å². The fourth-order valence-electron chi connectivity index (χ4n) is 2.56. The molecule has 0 unspecified atom stereocenters. The molecule has 114 valence electrons. The van der Waals surface area contributed by atoms with Crippen LogP contribution in [-0.4, -0.2) is 19.7 Å². The van der Waals surface area contributed by atoms with Gasteiger partial charge in [-0.15, -0.1) is 32.9 Å². The van der Waals surface area contributed by atoms with Crippen LogP contribution in [-0.2, 0) is 0 Å². The maximum absolute atomic E-state index is 4.70. The molecule has 3 heterocycles. The molecule has 0 aliphatic heterocycles. The molecule has 1 saturated carbocycles. The highest BCUT2D eigenvalue weighted by molar-refractivity contribution is 8.01. The summed E-state index contributed by atoms with van der Waals surface area (Å²) in [6.45, 7) is 0. The average molecular weight is 357 g/mol. The number of nitrogens with zero attached hydrogens (tertiary/aromatic N) is 4. The van der Waals surface area contributed by atoms with Crippen LogP contribution < -0.4 is 0 Å². The summed E-state index contributed by atoms with van der Waals surface area (Å²) in [6, 6.07) is 13.0. The first kappa shape index (κ1) is 13.7. The largest absolute Gasteiger partial charge is 0.298 e. The number of thiophene rings is 1. The Hall–Kier alpha value is -1.70. The van der Waals surface area contributed by atoms with Gasteiger partial charge >= 0.3 is 0 Å². The molecule has 1 fully saturated rings. The quantitative estimate of drug-likeness (QED) is 0.510. The lowest BCUT2D eigenvalue weighted by Gasteiger charge is -2.06. The SMILES string of the molecule is c1csc(-c2nnc(Sc3nc4ccccc4s3)n2C2CC2)c1. The fraction of sp³-hybridized carbons (Fsp3) is 0.188. The molecule has 5 rings (SSSR count). The Kier molecular flexibility index (Phi) is 3.24. The van der Waals surface area contributed by atoms with Gasteiger partial charge in [0.1, 0.15) is 0 Å². The Labute approximate surface area is 145 Å². The van der Waals surface area contributed by atoms with E-state index in [1.54, 1.807) is 34.4 Å². The number of fused-ring (bicyclic) bond motifs is 1. The second-order valence-corrected chi connectivity index (χ2v) is 8.63. The molecule has 7 heteroatoms. The zero-order chi connectivity index (χ0) is 15.2. The highest BCUT2D eigenvalue weighted by Crippen LogP contribution is 2.43. The zero-order valence-corrected chi connectivity index (χ0v) is 14.5. The van der Waals surface area contributed by atoms with Crippen LogP contribution in [0, 0.1) is 0 Å². The van der Waals surface area contributed by atoms with E-state index in [4.69, 9.17) is 4.98 Å². The monoisotopic (exact) mass is 356 g/mol. The summed E-state index contributed by atoms with van der Waals surface area (Å²) in [7, 11) is 0. The predicted molar refractivity (Wildman–Crippen MR) is 95.3 cm³/mol. The van der Waals surface area contributed by atoms with Gasteiger partial charge in [-0.25, -0.2) is 4.98 Å². The number of benzene rings is 1. The minimum atomic E-state index is 0.541. The van der Waals surface area contributed by atoms with Crippen molar-refractivity contribution >= 4 is 44.7 Å². The van der Waals surface area contributed by atoms with Gasteiger partial charge < -0.3 is 0 Å². The molecule has 4 aromatic rings. The average Bonchev–Trinajstić information content (AvgIpc) is 3.01. The van der Waals surface area contributed by atoms with E-state index >= 15 is 0 Å². The van der Waals surface area contributed by atoms with Gasteiger partial charge in [0.05, 0.1) is 15.1 Å². The number of para-hydroxylation sites is 1. The first-order chi connectivity index (χ1) is 11.4. The highest BCUT2D eigenvalue weighted by Gasteiger charge is 2.31. The van der Waals surface area contributed by atoms with Crippen molar-refractivity contribution in [1.82, 2.24) is 19.7 Å². The highest BCUT2D eigenvalue weighted by atomic mass is 32.2. The normalized spacial score (nSPS) is 14.6. The lowest BCUT2D eigenvalue weighted by Crippen LogP contribution is -1.98. The summed E-state index contributed by atoms with van der Waals surface area (Å²) in [5.74, 6) is 0.992. The van der Waals surface area contributed by atoms with Gasteiger partial charge in [0, 0.05) is 6.04 Å². The Balaban J connectivity index is 1.55. The van der Waals surface area contributed by atoms with E-state index in [0.717, 1.165) is 20.8 Å². The summed E-state index contributed by atoms with van der Waals surface area (Å²) in [5, 5.41) is 11.9. The second-order valence-electron chi connectivity index (χ2n) is 5.43. The van der Waals surface area contributed by atoms with Crippen LogP contribution in [0.2, 0.25) is 0 Å². The van der Waals surface area contributed by atoms with Crippen molar-refractivity contribution in [3.8, 4) is 10.7 Å². The van der Waals surface area contributed by atoms with Crippen LogP contribution in [0.3, 0.4) is 0 Å². The molecule has 0 bridgehead atoms. The van der Waals surface area contributed by atoms with E-state index < -0.39 is 0 Å². The molecule has 0 spiro atoms. The summed E-state index contributed by atoms with van der Waals surface area (Å²) in [4.78, 5) is 5.88. The first-order valence-corrected chi connectivity index (χ1v) is 9.92. The minimum Gasteiger partial charge on any atom is -0.298 e. The summed E-state index contributed by atoms with van der Waals surface area (Å²) >= 11 is 5.05. The lowest BCUT2D eigenvalue weighted by atomic mass is 10.3. The van der Waals surface area contributed by atoms with Gasteiger partial charge in [0.2, 0.25) is 0 Å². The molecule has 0 radical (unpaired) electrons.